The van der Waals surface area contributed by atoms with Crippen molar-refractivity contribution in [2.45, 2.75) is 19.9 Å². The molecule has 0 saturated heterocycles. The number of nitrogens with two attached hydrogens (primary N) is 1. The molecule has 2 N–H and O–H groups in total. The molecule has 0 aliphatic heterocycles. The van der Waals surface area contributed by atoms with E-state index in [0.29, 0.717) is 16.7 Å². The molecule has 0 aliphatic rings. The van der Waals surface area contributed by atoms with Gasteiger partial charge in [0.15, 0.2) is 0 Å². The molecular formula is C17H17ClFNO2. The van der Waals surface area contributed by atoms with Crippen LogP contribution in [0.25, 0.3) is 11.1 Å². The fourth-order valence-corrected chi connectivity index (χ4v) is 2.49. The van der Waals surface area contributed by atoms with E-state index in [2.05, 4.69) is 0 Å². The predicted octanol–water partition coefficient (Wildman–Crippen LogP) is 4.34. The second kappa shape index (κ2) is 6.90. The van der Waals surface area contributed by atoms with Crippen LogP contribution in [0.2, 0.25) is 5.02 Å². The monoisotopic (exact) mass is 321 g/mol. The zero-order chi connectivity index (χ0) is 16.3. The van der Waals surface area contributed by atoms with Gasteiger partial charge in [0, 0.05) is 11.6 Å². The first kappa shape index (κ1) is 16.5. The van der Waals surface area contributed by atoms with Gasteiger partial charge >= 0.3 is 5.97 Å². The Hall–Kier alpha value is -1.91. The van der Waals surface area contributed by atoms with Crippen molar-refractivity contribution in [1.29, 1.82) is 0 Å². The molecular weight excluding hydrogens is 305 g/mol. The van der Waals surface area contributed by atoms with Crippen LogP contribution in [0.15, 0.2) is 36.4 Å². The summed E-state index contributed by atoms with van der Waals surface area (Å²) in [5.41, 5.74) is 7.44. The van der Waals surface area contributed by atoms with Crippen LogP contribution in [0.4, 0.5) is 4.39 Å². The minimum absolute atomic E-state index is 0.235. The van der Waals surface area contributed by atoms with E-state index in [-0.39, 0.29) is 17.2 Å². The van der Waals surface area contributed by atoms with E-state index in [1.807, 2.05) is 0 Å². The van der Waals surface area contributed by atoms with Crippen molar-refractivity contribution >= 4 is 17.6 Å². The molecule has 0 heterocycles. The van der Waals surface area contributed by atoms with Crippen LogP contribution in [0.3, 0.4) is 0 Å². The lowest BCUT2D eigenvalue weighted by molar-refractivity contribution is 0.0527. The van der Waals surface area contributed by atoms with Crippen LogP contribution in [0.5, 0.6) is 0 Å². The van der Waals surface area contributed by atoms with Crippen molar-refractivity contribution in [2.24, 2.45) is 5.73 Å². The van der Waals surface area contributed by atoms with Crippen molar-refractivity contribution in [2.75, 3.05) is 6.61 Å². The summed E-state index contributed by atoms with van der Waals surface area (Å²) in [6.07, 6.45) is 0. The van der Waals surface area contributed by atoms with Gasteiger partial charge in [-0.05, 0) is 37.1 Å². The lowest BCUT2D eigenvalue weighted by atomic mass is 9.97. The molecule has 0 bridgehead atoms. The smallest absolute Gasteiger partial charge is 0.340 e. The predicted molar refractivity (Wildman–Crippen MR) is 85.4 cm³/mol. The molecule has 0 fully saturated rings. The minimum Gasteiger partial charge on any atom is -0.462 e. The molecule has 2 rings (SSSR count). The Morgan fingerprint density at radius 2 is 2.09 bits per heavy atom. The molecule has 0 amide bonds. The molecule has 5 heteroatoms. The van der Waals surface area contributed by atoms with Crippen molar-refractivity contribution in [3.05, 3.63) is 58.4 Å². The first-order valence-corrected chi connectivity index (χ1v) is 7.34. The van der Waals surface area contributed by atoms with Gasteiger partial charge in [-0.25, -0.2) is 9.18 Å². The van der Waals surface area contributed by atoms with Crippen molar-refractivity contribution in [1.82, 2.24) is 0 Å². The van der Waals surface area contributed by atoms with Gasteiger partial charge in [0.05, 0.1) is 17.2 Å². The van der Waals surface area contributed by atoms with E-state index in [9.17, 15) is 9.18 Å². The third-order valence-corrected chi connectivity index (χ3v) is 3.61. The average Bonchev–Trinajstić information content (AvgIpc) is 2.46. The Morgan fingerprint density at radius 1 is 1.36 bits per heavy atom. The third kappa shape index (κ3) is 3.29. The van der Waals surface area contributed by atoms with E-state index in [4.69, 9.17) is 22.1 Å². The van der Waals surface area contributed by atoms with Crippen LogP contribution >= 0.6 is 11.6 Å². The maximum atomic E-state index is 14.1. The number of carbonyl (C=O) groups is 1. The maximum absolute atomic E-state index is 14.1. The molecule has 22 heavy (non-hydrogen) atoms. The number of esters is 1. The number of hydrogen-bond donors (Lipinski definition) is 1. The first-order chi connectivity index (χ1) is 10.5. The summed E-state index contributed by atoms with van der Waals surface area (Å²) in [6, 6.07) is 9.30. The lowest BCUT2D eigenvalue weighted by Gasteiger charge is -2.13. The Balaban J connectivity index is 2.56. The molecule has 3 nitrogen and oxygen atoms in total. The van der Waals surface area contributed by atoms with Crippen molar-refractivity contribution in [3.63, 3.8) is 0 Å². The second-order valence-corrected chi connectivity index (χ2v) is 5.32. The van der Waals surface area contributed by atoms with E-state index in [1.165, 1.54) is 6.07 Å². The zero-order valence-electron chi connectivity index (χ0n) is 12.4. The minimum atomic E-state index is -0.528. The van der Waals surface area contributed by atoms with Crippen LogP contribution in [-0.2, 0) is 4.74 Å². The number of benzene rings is 2. The summed E-state index contributed by atoms with van der Waals surface area (Å²) in [5, 5.41) is 0.271. The summed E-state index contributed by atoms with van der Waals surface area (Å²) in [7, 11) is 0. The van der Waals surface area contributed by atoms with E-state index in [1.54, 1.807) is 44.2 Å². The zero-order valence-corrected chi connectivity index (χ0v) is 13.2. The van der Waals surface area contributed by atoms with E-state index < -0.39 is 17.8 Å². The maximum Gasteiger partial charge on any atom is 0.340 e. The van der Waals surface area contributed by atoms with Gasteiger partial charge < -0.3 is 10.5 Å². The Labute approximate surface area is 133 Å². The van der Waals surface area contributed by atoms with Crippen molar-refractivity contribution in [3.8, 4) is 11.1 Å². The molecule has 0 unspecified atom stereocenters. The number of halogens is 2. The van der Waals surface area contributed by atoms with Crippen LogP contribution in [0, 0.1) is 5.82 Å². The highest BCUT2D eigenvalue weighted by Gasteiger charge is 2.19. The summed E-state index contributed by atoms with van der Waals surface area (Å²) in [6.45, 7) is 3.66. The Morgan fingerprint density at radius 3 is 2.68 bits per heavy atom. The molecule has 0 saturated carbocycles. The van der Waals surface area contributed by atoms with Gasteiger partial charge in [-0.2, -0.15) is 0 Å². The summed E-state index contributed by atoms with van der Waals surface area (Å²) in [5.74, 6) is -0.943. The van der Waals surface area contributed by atoms with Crippen molar-refractivity contribution < 1.29 is 13.9 Å². The standard InChI is InChI=1S/C17H17ClFNO2/c1-3-22-17(21)16-13(5-4-6-14(16)18)11-7-8-12(10(2)20)15(19)9-11/h4-10H,3,20H2,1-2H3/t10-/m1/s1. The van der Waals surface area contributed by atoms with Gasteiger partial charge in [0.25, 0.3) is 0 Å². The SMILES string of the molecule is CCOC(=O)c1c(Cl)cccc1-c1ccc([C@@H](C)N)c(F)c1. The highest BCUT2D eigenvalue weighted by molar-refractivity contribution is 6.34. The third-order valence-electron chi connectivity index (χ3n) is 3.30. The number of carbonyl (C=O) groups excluding carboxylic acids is 1. The van der Waals surface area contributed by atoms with Gasteiger partial charge in [0.1, 0.15) is 5.82 Å². The summed E-state index contributed by atoms with van der Waals surface area (Å²) >= 11 is 6.12. The van der Waals surface area contributed by atoms with E-state index in [0.717, 1.165) is 0 Å². The van der Waals surface area contributed by atoms with Crippen LogP contribution < -0.4 is 5.73 Å². The molecule has 0 spiro atoms. The largest absolute Gasteiger partial charge is 0.462 e. The number of ether oxygens (including phenoxy) is 1. The van der Waals surface area contributed by atoms with E-state index >= 15 is 0 Å². The molecule has 0 aromatic heterocycles. The normalized spacial score (nSPS) is 12.0. The summed E-state index contributed by atoms with van der Waals surface area (Å²) in [4.78, 5) is 12.1. The van der Waals surface area contributed by atoms with Gasteiger partial charge in [-0.15, -0.1) is 0 Å². The fraction of sp³-hybridized carbons (Fsp3) is 0.235. The van der Waals surface area contributed by atoms with Gasteiger partial charge in [0.2, 0.25) is 0 Å². The molecule has 2 aromatic carbocycles. The first-order valence-electron chi connectivity index (χ1n) is 6.96. The molecule has 1 atom stereocenters. The number of rotatable bonds is 4. The topological polar surface area (TPSA) is 52.3 Å². The average molecular weight is 322 g/mol. The summed E-state index contributed by atoms with van der Waals surface area (Å²) < 4.78 is 19.2. The highest BCUT2D eigenvalue weighted by Crippen LogP contribution is 2.31. The molecule has 0 aliphatic carbocycles. The van der Waals surface area contributed by atoms with Gasteiger partial charge in [-0.3, -0.25) is 0 Å². The quantitative estimate of drug-likeness (QED) is 0.852. The Kier molecular flexibility index (Phi) is 5.16. The number of hydrogen-bond acceptors (Lipinski definition) is 3. The van der Waals surface area contributed by atoms with Gasteiger partial charge in [-0.1, -0.05) is 35.9 Å². The van der Waals surface area contributed by atoms with Crippen LogP contribution in [-0.4, -0.2) is 12.6 Å². The second-order valence-electron chi connectivity index (χ2n) is 4.91. The fourth-order valence-electron chi connectivity index (χ4n) is 2.24. The van der Waals surface area contributed by atoms with Crippen LogP contribution in [0.1, 0.15) is 35.8 Å². The Bertz CT molecular complexity index is 701. The molecule has 0 radical (unpaired) electrons. The molecule has 2 aromatic rings. The molecule has 116 valence electrons. The lowest BCUT2D eigenvalue weighted by Crippen LogP contribution is -2.09. The highest BCUT2D eigenvalue weighted by atomic mass is 35.5.